The first kappa shape index (κ1) is 26.5. The van der Waals surface area contributed by atoms with Crippen LogP contribution < -0.4 is 15.8 Å². The second-order valence-corrected chi connectivity index (χ2v) is 11.2. The summed E-state index contributed by atoms with van der Waals surface area (Å²) in [6.45, 7) is 2.56. The molecule has 0 aliphatic carbocycles. The Balaban J connectivity index is 1.74. The number of nitrogens with zero attached hydrogens (tertiary/aromatic N) is 1. The van der Waals surface area contributed by atoms with Crippen LogP contribution >= 0.6 is 0 Å². The molecule has 1 aliphatic heterocycles. The molecule has 0 radical (unpaired) electrons. The van der Waals surface area contributed by atoms with E-state index in [0.717, 1.165) is 28.7 Å². The van der Waals surface area contributed by atoms with E-state index in [1.54, 1.807) is 31.3 Å². The fourth-order valence-corrected chi connectivity index (χ4v) is 6.70. The summed E-state index contributed by atoms with van der Waals surface area (Å²) in [5.41, 5.74) is 11.4. The molecule has 1 atom stereocenters. The van der Waals surface area contributed by atoms with Crippen molar-refractivity contribution in [2.45, 2.75) is 43.5 Å². The van der Waals surface area contributed by atoms with Crippen LogP contribution in [0.2, 0.25) is 0 Å². The number of nitrogens with one attached hydrogen (secondary N) is 1. The van der Waals surface area contributed by atoms with E-state index in [1.165, 1.54) is 11.4 Å². The maximum Gasteiger partial charge on any atom is 0.304 e. The molecule has 1 unspecified atom stereocenters. The lowest BCUT2D eigenvalue weighted by atomic mass is 9.86. The Hall–Kier alpha value is -3.56. The lowest BCUT2D eigenvalue weighted by molar-refractivity contribution is -0.137. The number of benzene rings is 3. The molecule has 0 bridgehead atoms. The van der Waals surface area contributed by atoms with Crippen molar-refractivity contribution in [1.82, 2.24) is 4.31 Å². The molecule has 4 rings (SSSR count). The van der Waals surface area contributed by atoms with Gasteiger partial charge in [0.25, 0.3) is 0 Å². The lowest BCUT2D eigenvalue weighted by Crippen LogP contribution is -2.31. The van der Waals surface area contributed by atoms with Gasteiger partial charge in [0.1, 0.15) is 5.75 Å². The maximum absolute atomic E-state index is 13.5. The molecule has 37 heavy (non-hydrogen) atoms. The van der Waals surface area contributed by atoms with E-state index in [-0.39, 0.29) is 13.0 Å². The van der Waals surface area contributed by atoms with Crippen molar-refractivity contribution in [2.75, 3.05) is 31.8 Å². The zero-order chi connectivity index (χ0) is 26.7. The van der Waals surface area contributed by atoms with Crippen LogP contribution in [0.15, 0.2) is 59.5 Å². The number of anilines is 2. The third-order valence-electron chi connectivity index (χ3n) is 6.97. The summed E-state index contributed by atoms with van der Waals surface area (Å²) in [6.07, 6.45) is 1.28. The van der Waals surface area contributed by atoms with Crippen LogP contribution in [-0.4, -0.2) is 44.5 Å². The van der Waals surface area contributed by atoms with Crippen LogP contribution in [0.5, 0.6) is 5.75 Å². The van der Waals surface area contributed by atoms with Gasteiger partial charge in [0.05, 0.1) is 29.8 Å². The van der Waals surface area contributed by atoms with Crippen LogP contribution in [0.1, 0.15) is 46.6 Å². The summed E-state index contributed by atoms with van der Waals surface area (Å²) < 4.78 is 34.0. The van der Waals surface area contributed by atoms with Crippen molar-refractivity contribution in [2.24, 2.45) is 0 Å². The van der Waals surface area contributed by atoms with E-state index in [2.05, 4.69) is 5.32 Å². The fourth-order valence-electron chi connectivity index (χ4n) is 4.99. The average molecular weight is 524 g/mol. The van der Waals surface area contributed by atoms with Gasteiger partial charge in [0.15, 0.2) is 0 Å². The minimum Gasteiger partial charge on any atom is -0.494 e. The van der Waals surface area contributed by atoms with Gasteiger partial charge in [0, 0.05) is 26.1 Å². The van der Waals surface area contributed by atoms with Gasteiger partial charge in [-0.25, -0.2) is 8.42 Å². The molecule has 3 aromatic rings. The Kier molecular flexibility index (Phi) is 7.75. The number of methoxy groups -OCH3 is 1. The van der Waals surface area contributed by atoms with E-state index in [9.17, 15) is 18.3 Å². The molecule has 0 aromatic heterocycles. The topological polar surface area (TPSA) is 122 Å². The number of hydrogen-bond acceptors (Lipinski definition) is 6. The number of carboxylic acid groups (broad SMARTS) is 1. The monoisotopic (exact) mass is 523 g/mol. The fraction of sp³-hybridized carbons (Fsp3) is 0.321. The molecular weight excluding hydrogens is 490 g/mol. The Bertz CT molecular complexity index is 1420. The number of ether oxygens (including phenoxy) is 1. The first-order chi connectivity index (χ1) is 17.6. The normalized spacial score (nSPS) is 15.9. The van der Waals surface area contributed by atoms with E-state index < -0.39 is 21.9 Å². The third kappa shape index (κ3) is 5.42. The predicted molar refractivity (Wildman–Crippen MR) is 145 cm³/mol. The standard InChI is InChI=1S/C28H33N3O5S/c1-18-10-11-20(23(16-27(32)33)21-14-24(29)28(30-2)25(15-21)36-3)13-22(18)17-31-12-6-8-19-7-4-5-9-26(19)37(31,34)35/h4-5,7,9-11,13-15,23,30H,6,8,12,16-17,29H2,1-3H3,(H,32,33). The molecule has 8 nitrogen and oxygen atoms in total. The number of carbonyl (C=O) groups is 1. The Labute approximate surface area is 218 Å². The molecule has 1 heterocycles. The number of sulfonamides is 1. The van der Waals surface area contributed by atoms with Crippen molar-refractivity contribution in [3.8, 4) is 5.75 Å². The molecule has 0 amide bonds. The number of aliphatic carboxylic acids is 1. The molecule has 1 aliphatic rings. The predicted octanol–water partition coefficient (Wildman–Crippen LogP) is 4.37. The molecule has 196 valence electrons. The summed E-state index contributed by atoms with van der Waals surface area (Å²) in [7, 11) is -0.384. The number of nitrogens with two attached hydrogens (primary N) is 1. The van der Waals surface area contributed by atoms with E-state index in [1.807, 2.05) is 37.3 Å². The van der Waals surface area contributed by atoms with Gasteiger partial charge in [-0.05, 0) is 65.8 Å². The number of fused-ring (bicyclic) bond motifs is 1. The average Bonchev–Trinajstić information content (AvgIpc) is 2.99. The lowest BCUT2D eigenvalue weighted by Gasteiger charge is -2.24. The highest BCUT2D eigenvalue weighted by molar-refractivity contribution is 7.89. The van der Waals surface area contributed by atoms with E-state index >= 15 is 0 Å². The minimum atomic E-state index is -3.66. The molecule has 9 heteroatoms. The highest BCUT2D eigenvalue weighted by atomic mass is 32.2. The molecule has 0 saturated heterocycles. The number of rotatable bonds is 8. The minimum absolute atomic E-state index is 0.153. The zero-order valence-electron chi connectivity index (χ0n) is 21.3. The Morgan fingerprint density at radius 3 is 2.62 bits per heavy atom. The Morgan fingerprint density at radius 2 is 1.92 bits per heavy atom. The number of hydrogen-bond donors (Lipinski definition) is 3. The van der Waals surface area contributed by atoms with Crippen LogP contribution in [0.25, 0.3) is 0 Å². The summed E-state index contributed by atoms with van der Waals surface area (Å²) in [5, 5.41) is 12.7. The third-order valence-corrected chi connectivity index (χ3v) is 8.92. The van der Waals surface area contributed by atoms with Crippen LogP contribution in [0, 0.1) is 6.92 Å². The molecule has 4 N–H and O–H groups in total. The van der Waals surface area contributed by atoms with Gasteiger partial charge in [0.2, 0.25) is 10.0 Å². The van der Waals surface area contributed by atoms with Crippen LogP contribution in [-0.2, 0) is 27.8 Å². The van der Waals surface area contributed by atoms with Crippen LogP contribution in [0.3, 0.4) is 0 Å². The first-order valence-electron chi connectivity index (χ1n) is 12.2. The van der Waals surface area contributed by atoms with Crippen molar-refractivity contribution in [1.29, 1.82) is 0 Å². The van der Waals surface area contributed by atoms with Crippen LogP contribution in [0.4, 0.5) is 11.4 Å². The van der Waals surface area contributed by atoms with Gasteiger partial charge >= 0.3 is 5.97 Å². The van der Waals surface area contributed by atoms with Gasteiger partial charge in [-0.1, -0.05) is 36.4 Å². The molecular formula is C28H33N3O5S. The largest absolute Gasteiger partial charge is 0.494 e. The second-order valence-electron chi connectivity index (χ2n) is 9.32. The van der Waals surface area contributed by atoms with Gasteiger partial charge in [-0.3, -0.25) is 4.79 Å². The number of aryl methyl sites for hydroxylation is 2. The number of carboxylic acids is 1. The highest BCUT2D eigenvalue weighted by Gasteiger charge is 2.30. The molecule has 0 spiro atoms. The molecule has 0 saturated carbocycles. The van der Waals surface area contributed by atoms with E-state index in [0.29, 0.717) is 40.5 Å². The summed E-state index contributed by atoms with van der Waals surface area (Å²) >= 11 is 0. The van der Waals surface area contributed by atoms with Crippen molar-refractivity contribution >= 4 is 27.4 Å². The molecule has 0 fully saturated rings. The SMILES string of the molecule is CNc1c(N)cc(C(CC(=O)O)c2ccc(C)c(CN3CCCc4ccccc4S3(=O)=O)c2)cc1OC. The zero-order valence-corrected chi connectivity index (χ0v) is 22.1. The molecule has 3 aromatic carbocycles. The van der Waals surface area contributed by atoms with Gasteiger partial charge in [-0.15, -0.1) is 0 Å². The van der Waals surface area contributed by atoms with Gasteiger partial charge in [-0.2, -0.15) is 4.31 Å². The Morgan fingerprint density at radius 1 is 1.16 bits per heavy atom. The summed E-state index contributed by atoms with van der Waals surface area (Å²) in [6, 6.07) is 16.5. The van der Waals surface area contributed by atoms with Crippen molar-refractivity contribution in [3.05, 3.63) is 82.4 Å². The van der Waals surface area contributed by atoms with Crippen molar-refractivity contribution < 1.29 is 23.1 Å². The smallest absolute Gasteiger partial charge is 0.304 e. The quantitative estimate of drug-likeness (QED) is 0.375. The number of nitrogen functional groups attached to an aromatic ring is 1. The van der Waals surface area contributed by atoms with Crippen molar-refractivity contribution in [3.63, 3.8) is 0 Å². The first-order valence-corrected chi connectivity index (χ1v) is 13.6. The summed E-state index contributed by atoms with van der Waals surface area (Å²) in [5.74, 6) is -0.927. The second kappa shape index (κ2) is 10.8. The van der Waals surface area contributed by atoms with Gasteiger partial charge < -0.3 is 20.9 Å². The summed E-state index contributed by atoms with van der Waals surface area (Å²) in [4.78, 5) is 12.2. The highest BCUT2D eigenvalue weighted by Crippen LogP contribution is 2.38. The van der Waals surface area contributed by atoms with E-state index in [4.69, 9.17) is 10.5 Å². The maximum atomic E-state index is 13.5.